The summed E-state index contributed by atoms with van der Waals surface area (Å²) in [5.41, 5.74) is 2.98. The zero-order chi connectivity index (χ0) is 18.9. The van der Waals surface area contributed by atoms with Gasteiger partial charge in [-0.05, 0) is 45.2 Å². The van der Waals surface area contributed by atoms with Crippen LogP contribution in [0.5, 0.6) is 0 Å². The van der Waals surface area contributed by atoms with Gasteiger partial charge in [-0.25, -0.2) is 0 Å². The quantitative estimate of drug-likeness (QED) is 0.818. The lowest BCUT2D eigenvalue weighted by Gasteiger charge is -2.53. The van der Waals surface area contributed by atoms with Gasteiger partial charge in [-0.2, -0.15) is 0 Å². The van der Waals surface area contributed by atoms with Gasteiger partial charge >= 0.3 is 0 Å². The van der Waals surface area contributed by atoms with Crippen LogP contribution in [0.2, 0.25) is 0 Å². The predicted octanol–water partition coefficient (Wildman–Crippen LogP) is 3.29. The van der Waals surface area contributed by atoms with Crippen LogP contribution in [0.25, 0.3) is 0 Å². The predicted molar refractivity (Wildman–Crippen MR) is 110 cm³/mol. The SMILES string of the molecule is Cc1ccc(CN2CCN(C)C3(CCN(C(=O)C4CCCC4)CC3)C2)cc1. The zero-order valence-electron chi connectivity index (χ0n) is 17.1. The van der Waals surface area contributed by atoms with Gasteiger partial charge in [0.2, 0.25) is 5.91 Å². The molecular formula is C23H35N3O. The van der Waals surface area contributed by atoms with E-state index in [2.05, 4.69) is 52.9 Å². The fourth-order valence-electron chi connectivity index (χ4n) is 5.35. The number of piperazine rings is 1. The normalized spacial score (nSPS) is 24.6. The molecule has 1 amide bonds. The highest BCUT2D eigenvalue weighted by atomic mass is 16.2. The van der Waals surface area contributed by atoms with Gasteiger partial charge in [0.1, 0.15) is 0 Å². The van der Waals surface area contributed by atoms with E-state index < -0.39 is 0 Å². The summed E-state index contributed by atoms with van der Waals surface area (Å²) in [5.74, 6) is 0.762. The molecule has 27 heavy (non-hydrogen) atoms. The second-order valence-corrected chi connectivity index (χ2v) is 9.15. The van der Waals surface area contributed by atoms with E-state index in [1.807, 2.05) is 0 Å². The van der Waals surface area contributed by atoms with Crippen molar-refractivity contribution in [1.82, 2.24) is 14.7 Å². The minimum Gasteiger partial charge on any atom is -0.342 e. The molecule has 1 spiro atoms. The summed E-state index contributed by atoms with van der Waals surface area (Å²) in [6, 6.07) is 8.97. The molecule has 0 aromatic heterocycles. The third-order valence-electron chi connectivity index (χ3n) is 7.32. The smallest absolute Gasteiger partial charge is 0.225 e. The Kier molecular flexibility index (Phi) is 5.56. The summed E-state index contributed by atoms with van der Waals surface area (Å²) in [6.07, 6.45) is 6.95. The van der Waals surface area contributed by atoms with E-state index in [9.17, 15) is 4.79 Å². The van der Waals surface area contributed by atoms with Crippen molar-refractivity contribution in [2.24, 2.45) is 5.92 Å². The molecule has 2 heterocycles. The molecule has 0 atom stereocenters. The number of benzene rings is 1. The molecule has 0 unspecified atom stereocenters. The van der Waals surface area contributed by atoms with Crippen LogP contribution in [-0.4, -0.2) is 65.9 Å². The first-order valence-corrected chi connectivity index (χ1v) is 10.8. The van der Waals surface area contributed by atoms with E-state index in [4.69, 9.17) is 0 Å². The van der Waals surface area contributed by atoms with Crippen LogP contribution in [0.4, 0.5) is 0 Å². The van der Waals surface area contributed by atoms with Gasteiger partial charge < -0.3 is 4.90 Å². The molecule has 1 aliphatic carbocycles. The Bertz CT molecular complexity index is 642. The highest BCUT2D eigenvalue weighted by molar-refractivity contribution is 5.79. The van der Waals surface area contributed by atoms with Gasteiger partial charge in [0, 0.05) is 50.7 Å². The third kappa shape index (κ3) is 4.07. The molecule has 1 saturated carbocycles. The maximum atomic E-state index is 12.8. The number of amides is 1. The third-order valence-corrected chi connectivity index (χ3v) is 7.32. The molecule has 3 fully saturated rings. The lowest BCUT2D eigenvalue weighted by atomic mass is 9.83. The van der Waals surface area contributed by atoms with E-state index in [1.54, 1.807) is 0 Å². The van der Waals surface area contributed by atoms with Gasteiger partial charge in [-0.15, -0.1) is 0 Å². The number of carbonyl (C=O) groups excluding carboxylic acids is 1. The zero-order valence-corrected chi connectivity index (χ0v) is 17.1. The van der Waals surface area contributed by atoms with Crippen LogP contribution in [0.1, 0.15) is 49.7 Å². The van der Waals surface area contributed by atoms with Gasteiger partial charge in [-0.3, -0.25) is 14.6 Å². The van der Waals surface area contributed by atoms with Crippen LogP contribution in [-0.2, 0) is 11.3 Å². The second-order valence-electron chi connectivity index (χ2n) is 9.15. The Balaban J connectivity index is 1.37. The fourth-order valence-corrected chi connectivity index (χ4v) is 5.35. The monoisotopic (exact) mass is 369 g/mol. The Morgan fingerprint density at radius 2 is 1.70 bits per heavy atom. The number of carbonyl (C=O) groups is 1. The summed E-state index contributed by atoms with van der Waals surface area (Å²) >= 11 is 0. The first-order chi connectivity index (χ1) is 13.1. The number of piperidine rings is 1. The van der Waals surface area contributed by atoms with Crippen molar-refractivity contribution in [3.63, 3.8) is 0 Å². The van der Waals surface area contributed by atoms with Crippen molar-refractivity contribution in [2.45, 2.75) is 57.5 Å². The summed E-state index contributed by atoms with van der Waals surface area (Å²) in [7, 11) is 2.29. The first-order valence-electron chi connectivity index (χ1n) is 10.8. The maximum absolute atomic E-state index is 12.8. The van der Waals surface area contributed by atoms with Crippen LogP contribution >= 0.6 is 0 Å². The van der Waals surface area contributed by atoms with Gasteiger partial charge in [0.25, 0.3) is 0 Å². The van der Waals surface area contributed by atoms with E-state index in [-0.39, 0.29) is 5.54 Å². The molecule has 4 rings (SSSR count). The van der Waals surface area contributed by atoms with Crippen molar-refractivity contribution in [2.75, 3.05) is 39.8 Å². The molecule has 4 heteroatoms. The van der Waals surface area contributed by atoms with Crippen LogP contribution < -0.4 is 0 Å². The molecule has 0 bridgehead atoms. The number of rotatable bonds is 3. The number of aryl methyl sites for hydroxylation is 1. The highest BCUT2D eigenvalue weighted by Crippen LogP contribution is 2.34. The van der Waals surface area contributed by atoms with E-state index in [0.29, 0.717) is 11.8 Å². The summed E-state index contributed by atoms with van der Waals surface area (Å²) < 4.78 is 0. The molecule has 2 aliphatic heterocycles. The van der Waals surface area contributed by atoms with E-state index in [1.165, 1.54) is 24.0 Å². The van der Waals surface area contributed by atoms with Crippen molar-refractivity contribution < 1.29 is 4.79 Å². The van der Waals surface area contributed by atoms with Crippen LogP contribution in [0, 0.1) is 12.8 Å². The van der Waals surface area contributed by atoms with Crippen molar-refractivity contribution in [1.29, 1.82) is 0 Å². The minimum absolute atomic E-state index is 0.245. The molecule has 1 aromatic carbocycles. The fraction of sp³-hybridized carbons (Fsp3) is 0.696. The number of hydrogen-bond donors (Lipinski definition) is 0. The van der Waals surface area contributed by atoms with Crippen molar-refractivity contribution in [3.8, 4) is 0 Å². The lowest BCUT2D eigenvalue weighted by Crippen LogP contribution is -2.64. The topological polar surface area (TPSA) is 26.8 Å². The molecule has 2 saturated heterocycles. The Morgan fingerprint density at radius 1 is 1.04 bits per heavy atom. The molecule has 1 aromatic rings. The minimum atomic E-state index is 0.245. The largest absolute Gasteiger partial charge is 0.342 e. The van der Waals surface area contributed by atoms with Gasteiger partial charge in [-0.1, -0.05) is 42.7 Å². The molecule has 0 radical (unpaired) electrons. The van der Waals surface area contributed by atoms with E-state index in [0.717, 1.165) is 65.0 Å². The molecular weight excluding hydrogens is 334 g/mol. The van der Waals surface area contributed by atoms with Gasteiger partial charge in [0.15, 0.2) is 0 Å². The summed E-state index contributed by atoms with van der Waals surface area (Å²) in [5, 5.41) is 0. The highest BCUT2D eigenvalue weighted by Gasteiger charge is 2.43. The summed E-state index contributed by atoms with van der Waals surface area (Å²) in [6.45, 7) is 8.47. The lowest BCUT2D eigenvalue weighted by molar-refractivity contribution is -0.139. The standard InChI is InChI=1S/C23H35N3O/c1-19-7-9-20(10-8-19)17-25-16-15-24(2)23(18-25)11-13-26(14-12-23)22(27)21-5-3-4-6-21/h7-10,21H,3-6,11-18H2,1-2H3. The molecule has 3 aliphatic rings. The second kappa shape index (κ2) is 7.92. The maximum Gasteiger partial charge on any atom is 0.225 e. The average Bonchev–Trinajstić information content (AvgIpc) is 3.22. The molecule has 4 nitrogen and oxygen atoms in total. The van der Waals surface area contributed by atoms with E-state index >= 15 is 0 Å². The Morgan fingerprint density at radius 3 is 2.37 bits per heavy atom. The number of likely N-dealkylation sites (tertiary alicyclic amines) is 1. The Hall–Kier alpha value is -1.39. The Labute approximate surface area is 164 Å². The summed E-state index contributed by atoms with van der Waals surface area (Å²) in [4.78, 5) is 20.2. The average molecular weight is 370 g/mol. The first kappa shape index (κ1) is 18.9. The molecule has 0 N–H and O–H groups in total. The number of likely N-dealkylation sites (N-methyl/N-ethyl adjacent to an activating group) is 1. The number of hydrogen-bond acceptors (Lipinski definition) is 3. The molecule has 148 valence electrons. The number of nitrogens with zero attached hydrogens (tertiary/aromatic N) is 3. The van der Waals surface area contributed by atoms with Gasteiger partial charge in [0.05, 0.1) is 0 Å². The van der Waals surface area contributed by atoms with Crippen molar-refractivity contribution >= 4 is 5.91 Å². The van der Waals surface area contributed by atoms with Crippen molar-refractivity contribution in [3.05, 3.63) is 35.4 Å². The van der Waals surface area contributed by atoms with Crippen LogP contribution in [0.15, 0.2) is 24.3 Å². The van der Waals surface area contributed by atoms with Crippen LogP contribution in [0.3, 0.4) is 0 Å².